The number of hydrogen-bond acceptors (Lipinski definition) is 6. The normalized spacial score (nSPS) is 14.4. The largest absolute Gasteiger partial charge is 0.496 e. The Hall–Kier alpha value is -3.16. The molecule has 2 aromatic heterocycles. The standard InChI is InChI=1S/C22H28N6O2/c1-4-8-16-15-20(23-22-25-24-19(5-2)28(16)22)26-11-13-27(14-12-26)21(29)17-9-6-7-10-18(17)30-3/h6-7,9-10,15H,4-5,8,11-14H2,1-3H3. The smallest absolute Gasteiger partial charge is 0.257 e. The van der Waals surface area contributed by atoms with E-state index in [0.29, 0.717) is 30.2 Å². The molecule has 1 saturated heterocycles. The van der Waals surface area contributed by atoms with Crippen LogP contribution >= 0.6 is 0 Å². The summed E-state index contributed by atoms with van der Waals surface area (Å²) < 4.78 is 7.43. The monoisotopic (exact) mass is 408 g/mol. The molecule has 0 spiro atoms. The second-order valence-corrected chi connectivity index (χ2v) is 7.44. The summed E-state index contributed by atoms with van der Waals surface area (Å²) in [6.45, 7) is 6.98. The lowest BCUT2D eigenvalue weighted by molar-refractivity contribution is 0.0743. The maximum Gasteiger partial charge on any atom is 0.257 e. The zero-order chi connectivity index (χ0) is 21.1. The van der Waals surface area contributed by atoms with Crippen molar-refractivity contribution in [2.75, 3.05) is 38.2 Å². The summed E-state index contributed by atoms with van der Waals surface area (Å²) >= 11 is 0. The first kappa shape index (κ1) is 20.1. The minimum atomic E-state index is 0.00669. The topological polar surface area (TPSA) is 75.9 Å². The minimum Gasteiger partial charge on any atom is -0.496 e. The lowest BCUT2D eigenvalue weighted by Gasteiger charge is -2.35. The maximum absolute atomic E-state index is 13.0. The summed E-state index contributed by atoms with van der Waals surface area (Å²) in [7, 11) is 1.59. The van der Waals surface area contributed by atoms with E-state index in [4.69, 9.17) is 9.72 Å². The molecule has 0 bridgehead atoms. The molecule has 1 aliphatic heterocycles. The van der Waals surface area contributed by atoms with Crippen LogP contribution < -0.4 is 9.64 Å². The highest BCUT2D eigenvalue weighted by Gasteiger charge is 2.25. The fraction of sp³-hybridized carbons (Fsp3) is 0.455. The molecule has 0 saturated carbocycles. The van der Waals surface area contributed by atoms with E-state index in [2.05, 4.69) is 39.4 Å². The van der Waals surface area contributed by atoms with Crippen LogP contribution in [-0.2, 0) is 12.8 Å². The predicted octanol–water partition coefficient (Wildman–Crippen LogP) is 2.61. The van der Waals surface area contributed by atoms with E-state index in [-0.39, 0.29) is 5.91 Å². The van der Waals surface area contributed by atoms with Gasteiger partial charge in [0.15, 0.2) is 0 Å². The third kappa shape index (κ3) is 3.69. The first-order chi connectivity index (χ1) is 14.7. The van der Waals surface area contributed by atoms with Crippen LogP contribution in [0.3, 0.4) is 0 Å². The number of ether oxygens (including phenoxy) is 1. The summed E-state index contributed by atoms with van der Waals surface area (Å²) in [6, 6.07) is 9.52. The third-order valence-electron chi connectivity index (χ3n) is 5.56. The summed E-state index contributed by atoms with van der Waals surface area (Å²) in [4.78, 5) is 21.8. The number of carbonyl (C=O) groups is 1. The Kier molecular flexibility index (Phi) is 5.83. The molecule has 8 heteroatoms. The van der Waals surface area contributed by atoms with Crippen LogP contribution in [0, 0.1) is 0 Å². The van der Waals surface area contributed by atoms with E-state index in [1.807, 2.05) is 29.2 Å². The number of amides is 1. The average molecular weight is 409 g/mol. The summed E-state index contributed by atoms with van der Waals surface area (Å²) in [5.41, 5.74) is 1.79. The Morgan fingerprint density at radius 2 is 1.87 bits per heavy atom. The van der Waals surface area contributed by atoms with Crippen LogP contribution in [0.25, 0.3) is 5.78 Å². The summed E-state index contributed by atoms with van der Waals surface area (Å²) in [5, 5.41) is 8.58. The van der Waals surface area contributed by atoms with Gasteiger partial charge in [-0.3, -0.25) is 9.20 Å². The molecular formula is C22H28N6O2. The molecule has 1 aromatic carbocycles. The zero-order valence-electron chi connectivity index (χ0n) is 17.8. The number of carbonyl (C=O) groups excluding carboxylic acids is 1. The van der Waals surface area contributed by atoms with Gasteiger partial charge in [-0.15, -0.1) is 10.2 Å². The molecular weight excluding hydrogens is 380 g/mol. The lowest BCUT2D eigenvalue weighted by Crippen LogP contribution is -2.49. The Morgan fingerprint density at radius 1 is 1.10 bits per heavy atom. The van der Waals surface area contributed by atoms with Crippen molar-refractivity contribution in [2.24, 2.45) is 0 Å². The summed E-state index contributed by atoms with van der Waals surface area (Å²) in [6.07, 6.45) is 2.81. The second kappa shape index (κ2) is 8.69. The van der Waals surface area contributed by atoms with E-state index in [0.717, 1.165) is 44.0 Å². The minimum absolute atomic E-state index is 0.00669. The Labute approximate surface area is 176 Å². The molecule has 8 nitrogen and oxygen atoms in total. The molecule has 0 unspecified atom stereocenters. The van der Waals surface area contributed by atoms with Crippen LogP contribution in [0.1, 0.15) is 42.1 Å². The van der Waals surface area contributed by atoms with Gasteiger partial charge in [-0.1, -0.05) is 32.4 Å². The van der Waals surface area contributed by atoms with Crippen molar-refractivity contribution in [1.82, 2.24) is 24.5 Å². The quantitative estimate of drug-likeness (QED) is 0.624. The molecule has 3 heterocycles. The van der Waals surface area contributed by atoms with Gasteiger partial charge < -0.3 is 14.5 Å². The number of methoxy groups -OCH3 is 1. The van der Waals surface area contributed by atoms with Crippen molar-refractivity contribution < 1.29 is 9.53 Å². The zero-order valence-corrected chi connectivity index (χ0v) is 17.8. The van der Waals surface area contributed by atoms with Crippen LogP contribution in [0.5, 0.6) is 5.75 Å². The van der Waals surface area contributed by atoms with Crippen LogP contribution in [0.4, 0.5) is 5.82 Å². The van der Waals surface area contributed by atoms with Gasteiger partial charge in [0.1, 0.15) is 17.4 Å². The molecule has 0 N–H and O–H groups in total. The molecule has 158 valence electrons. The lowest BCUT2D eigenvalue weighted by atomic mass is 10.1. The number of anilines is 1. The van der Waals surface area contributed by atoms with Gasteiger partial charge in [0.25, 0.3) is 11.7 Å². The first-order valence-corrected chi connectivity index (χ1v) is 10.6. The number of rotatable bonds is 6. The number of piperazine rings is 1. The van der Waals surface area contributed by atoms with E-state index in [1.165, 1.54) is 5.69 Å². The van der Waals surface area contributed by atoms with Crippen molar-refractivity contribution in [3.05, 3.63) is 47.4 Å². The number of aromatic nitrogens is 4. The molecule has 0 aliphatic carbocycles. The predicted molar refractivity (Wildman–Crippen MR) is 115 cm³/mol. The Bertz CT molecular complexity index is 1040. The van der Waals surface area contributed by atoms with Crippen LogP contribution in [-0.4, -0.2) is 63.7 Å². The molecule has 4 rings (SSSR count). The van der Waals surface area contributed by atoms with Gasteiger partial charge in [-0.05, 0) is 18.6 Å². The molecule has 1 amide bonds. The van der Waals surface area contributed by atoms with E-state index >= 15 is 0 Å². The number of fused-ring (bicyclic) bond motifs is 1. The number of benzene rings is 1. The fourth-order valence-corrected chi connectivity index (χ4v) is 3.98. The average Bonchev–Trinajstić information content (AvgIpc) is 3.22. The third-order valence-corrected chi connectivity index (χ3v) is 5.56. The van der Waals surface area contributed by atoms with E-state index < -0.39 is 0 Å². The van der Waals surface area contributed by atoms with Crippen molar-refractivity contribution in [3.8, 4) is 5.75 Å². The molecule has 0 radical (unpaired) electrons. The summed E-state index contributed by atoms with van der Waals surface area (Å²) in [5.74, 6) is 3.12. The van der Waals surface area contributed by atoms with E-state index in [9.17, 15) is 4.79 Å². The van der Waals surface area contributed by atoms with Crippen molar-refractivity contribution in [2.45, 2.75) is 33.1 Å². The highest BCUT2D eigenvalue weighted by molar-refractivity contribution is 5.97. The SMILES string of the molecule is CCCc1cc(N2CCN(C(=O)c3ccccc3OC)CC2)nc2nnc(CC)n12. The Balaban J connectivity index is 1.53. The highest BCUT2D eigenvalue weighted by Crippen LogP contribution is 2.23. The fourth-order valence-electron chi connectivity index (χ4n) is 3.98. The number of aryl methyl sites for hydroxylation is 2. The van der Waals surface area contributed by atoms with Gasteiger partial charge in [0, 0.05) is 44.4 Å². The number of para-hydroxylation sites is 1. The Morgan fingerprint density at radius 3 is 2.57 bits per heavy atom. The van der Waals surface area contributed by atoms with Gasteiger partial charge >= 0.3 is 0 Å². The highest BCUT2D eigenvalue weighted by atomic mass is 16.5. The second-order valence-electron chi connectivity index (χ2n) is 7.44. The molecule has 0 atom stereocenters. The van der Waals surface area contributed by atoms with Gasteiger partial charge in [0.2, 0.25) is 0 Å². The van der Waals surface area contributed by atoms with Crippen molar-refractivity contribution in [1.29, 1.82) is 0 Å². The number of nitrogens with zero attached hydrogens (tertiary/aromatic N) is 6. The number of hydrogen-bond donors (Lipinski definition) is 0. The van der Waals surface area contributed by atoms with Crippen LogP contribution in [0.15, 0.2) is 30.3 Å². The molecule has 30 heavy (non-hydrogen) atoms. The molecule has 1 fully saturated rings. The maximum atomic E-state index is 13.0. The molecule has 3 aromatic rings. The van der Waals surface area contributed by atoms with Crippen LogP contribution in [0.2, 0.25) is 0 Å². The van der Waals surface area contributed by atoms with Gasteiger partial charge in [0.05, 0.1) is 12.7 Å². The van der Waals surface area contributed by atoms with Gasteiger partial charge in [-0.2, -0.15) is 4.98 Å². The van der Waals surface area contributed by atoms with Gasteiger partial charge in [-0.25, -0.2) is 0 Å². The molecule has 1 aliphatic rings. The van der Waals surface area contributed by atoms with E-state index in [1.54, 1.807) is 7.11 Å². The van der Waals surface area contributed by atoms with Crippen molar-refractivity contribution in [3.63, 3.8) is 0 Å². The van der Waals surface area contributed by atoms with Crippen molar-refractivity contribution >= 4 is 17.5 Å². The first-order valence-electron chi connectivity index (χ1n) is 10.6.